The minimum absolute atomic E-state index is 0.00563. The summed E-state index contributed by atoms with van der Waals surface area (Å²) < 4.78 is 68.4. The molecule has 21 heteroatoms. The molecule has 0 radical (unpaired) electrons. The van der Waals surface area contributed by atoms with Gasteiger partial charge in [-0.3, -0.25) is 48.7 Å². The number of alkyl halides is 3. The average Bonchev–Trinajstić information content (AvgIpc) is 3.56. The van der Waals surface area contributed by atoms with E-state index in [1.165, 1.54) is 20.0 Å². The Labute approximate surface area is 400 Å². The van der Waals surface area contributed by atoms with E-state index < -0.39 is 57.5 Å². The zero-order valence-corrected chi connectivity index (χ0v) is 39.8. The first kappa shape index (κ1) is 50.7. The third kappa shape index (κ3) is 12.3. The Kier molecular flexibility index (Phi) is 15.9. The zero-order chi connectivity index (χ0) is 49.5. The number of aliphatic imine (C=N–C) groups is 2. The number of nitrogens with one attached hydrogen (secondary N) is 4. The average molecular weight is 977 g/mol. The van der Waals surface area contributed by atoms with Gasteiger partial charge in [0.05, 0.1) is 28.8 Å². The number of carbonyl (C=O) groups is 5. The fourth-order valence-electron chi connectivity index (χ4n) is 9.09. The Balaban J connectivity index is 0.784. The van der Waals surface area contributed by atoms with E-state index in [9.17, 15) is 45.6 Å². The molecule has 370 valence electrons. The maximum atomic E-state index is 14.3. The van der Waals surface area contributed by atoms with Crippen LogP contribution in [-0.4, -0.2) is 124 Å². The van der Waals surface area contributed by atoms with Crippen molar-refractivity contribution in [2.75, 3.05) is 65.9 Å². The van der Waals surface area contributed by atoms with Crippen LogP contribution in [0.25, 0.3) is 0 Å². The number of hydrogen-bond donors (Lipinski definition) is 4. The maximum Gasteiger partial charge on any atom is 0.400 e. The number of hydrogen-bond acceptors (Lipinski definition) is 13. The minimum atomic E-state index is -4.65. The number of nitrogens with zero attached hydrogens (tertiary/aromatic N) is 6. The Hall–Kier alpha value is -6.19. The van der Waals surface area contributed by atoms with Gasteiger partial charge in [-0.1, -0.05) is 56.4 Å². The fourth-order valence-corrected chi connectivity index (χ4v) is 9.63. The Morgan fingerprint density at radius 2 is 1.57 bits per heavy atom. The van der Waals surface area contributed by atoms with Crippen molar-refractivity contribution in [2.45, 2.75) is 95.6 Å². The van der Waals surface area contributed by atoms with Gasteiger partial charge in [0, 0.05) is 70.2 Å². The number of carbonyl (C=O) groups excluding carboxylic acids is 5. The number of sulfonamides is 1. The first-order valence-electron chi connectivity index (χ1n) is 23.3. The summed E-state index contributed by atoms with van der Waals surface area (Å²) >= 11 is 0. The summed E-state index contributed by atoms with van der Waals surface area (Å²) in [6.45, 7) is 5.81. The van der Waals surface area contributed by atoms with Crippen LogP contribution in [0.3, 0.4) is 0 Å². The molecular formula is C48H59F3N10O7S. The van der Waals surface area contributed by atoms with E-state index in [4.69, 9.17) is 0 Å². The molecule has 0 bridgehead atoms. The lowest BCUT2D eigenvalue weighted by Crippen LogP contribution is -2.55. The number of amides is 5. The van der Waals surface area contributed by atoms with E-state index in [1.54, 1.807) is 36.4 Å². The van der Waals surface area contributed by atoms with Gasteiger partial charge in [0.15, 0.2) is 0 Å². The fraction of sp³-hybridized carbons (Fsp3) is 0.479. The second-order valence-corrected chi connectivity index (χ2v) is 20.1. The Bertz CT molecular complexity index is 2590. The smallest absolute Gasteiger partial charge is 0.369 e. The van der Waals surface area contributed by atoms with Crippen molar-refractivity contribution < 1.29 is 45.6 Å². The quantitative estimate of drug-likeness (QED) is 0.0822. The molecule has 3 unspecified atom stereocenters. The predicted octanol–water partition coefficient (Wildman–Crippen LogP) is 5.90. The second kappa shape index (κ2) is 21.6. The molecule has 0 saturated carbocycles. The topological polar surface area (TPSA) is 205 Å². The lowest BCUT2D eigenvalue weighted by molar-refractivity contribution is -0.171. The van der Waals surface area contributed by atoms with E-state index in [0.717, 1.165) is 98.6 Å². The zero-order valence-electron chi connectivity index (χ0n) is 39.0. The van der Waals surface area contributed by atoms with Crippen LogP contribution in [-0.2, 0) is 31.0 Å². The number of guanidine groups is 1. The van der Waals surface area contributed by atoms with Gasteiger partial charge in [-0.25, -0.2) is 18.4 Å². The monoisotopic (exact) mass is 976 g/mol. The molecule has 0 aromatic heterocycles. The molecular weight excluding hydrogens is 918 g/mol. The first-order chi connectivity index (χ1) is 32.8. The van der Waals surface area contributed by atoms with Crippen molar-refractivity contribution in [1.82, 2.24) is 20.4 Å². The van der Waals surface area contributed by atoms with Gasteiger partial charge in [0.1, 0.15) is 17.6 Å². The van der Waals surface area contributed by atoms with Crippen LogP contribution in [0.1, 0.15) is 97.4 Å². The SMILES string of the molecule is CN(c1ccccc1CNC1(C)N=C(Nc2ccc(N3CCN(CCCCCCCCCC(=O)Nc4cccc5c4C(=O)N(C4CCC(=O)NC4=O)C5=O)CC3)cc2)N=CC1C(F)(F)F)S(C)(=O)=O. The third-order valence-corrected chi connectivity index (χ3v) is 14.3. The van der Waals surface area contributed by atoms with Crippen molar-refractivity contribution in [2.24, 2.45) is 15.9 Å². The van der Waals surface area contributed by atoms with Crippen LogP contribution in [0.4, 0.5) is 35.9 Å². The number of halogens is 3. The summed E-state index contributed by atoms with van der Waals surface area (Å²) in [5, 5.41) is 10.9. The van der Waals surface area contributed by atoms with Gasteiger partial charge < -0.3 is 15.5 Å². The van der Waals surface area contributed by atoms with Gasteiger partial charge in [-0.15, -0.1) is 0 Å². The van der Waals surface area contributed by atoms with Crippen LogP contribution in [0.2, 0.25) is 0 Å². The summed E-state index contributed by atoms with van der Waals surface area (Å²) in [4.78, 5) is 77.3. The van der Waals surface area contributed by atoms with Crippen LogP contribution in [0, 0.1) is 5.92 Å². The van der Waals surface area contributed by atoms with Crippen LogP contribution >= 0.6 is 0 Å². The highest BCUT2D eigenvalue weighted by molar-refractivity contribution is 7.92. The van der Waals surface area contributed by atoms with Crippen LogP contribution < -0.4 is 30.5 Å². The highest BCUT2D eigenvalue weighted by Crippen LogP contribution is 2.37. The molecule has 3 aromatic rings. The van der Waals surface area contributed by atoms with Crippen molar-refractivity contribution in [3.05, 3.63) is 83.4 Å². The van der Waals surface area contributed by atoms with Gasteiger partial charge in [0.2, 0.25) is 33.7 Å². The summed E-state index contributed by atoms with van der Waals surface area (Å²) in [7, 11) is -2.22. The van der Waals surface area contributed by atoms with Crippen molar-refractivity contribution in [3.63, 3.8) is 0 Å². The number of fused-ring (bicyclic) bond motifs is 1. The molecule has 0 spiro atoms. The van der Waals surface area contributed by atoms with E-state index in [0.29, 0.717) is 23.4 Å². The molecule has 7 rings (SSSR count). The molecule has 17 nitrogen and oxygen atoms in total. The molecule has 4 heterocycles. The number of anilines is 4. The molecule has 4 N–H and O–H groups in total. The lowest BCUT2D eigenvalue weighted by Gasteiger charge is -2.37. The summed E-state index contributed by atoms with van der Waals surface area (Å²) in [6.07, 6.45) is 4.50. The van der Waals surface area contributed by atoms with Crippen molar-refractivity contribution in [1.29, 1.82) is 0 Å². The predicted molar refractivity (Wildman–Crippen MR) is 258 cm³/mol. The Morgan fingerprint density at radius 3 is 2.25 bits per heavy atom. The third-order valence-electron chi connectivity index (χ3n) is 13.1. The van der Waals surface area contributed by atoms with Gasteiger partial charge in [-0.2, -0.15) is 13.2 Å². The molecule has 2 saturated heterocycles. The highest BCUT2D eigenvalue weighted by atomic mass is 32.2. The van der Waals surface area contributed by atoms with E-state index in [-0.39, 0.29) is 54.5 Å². The molecule has 2 fully saturated rings. The maximum absolute atomic E-state index is 14.3. The highest BCUT2D eigenvalue weighted by Gasteiger charge is 2.52. The molecule has 69 heavy (non-hydrogen) atoms. The summed E-state index contributed by atoms with van der Waals surface area (Å²) in [5.41, 5.74) is 1.02. The number of piperazine rings is 1. The Morgan fingerprint density at radius 1 is 0.884 bits per heavy atom. The van der Waals surface area contributed by atoms with Crippen molar-refractivity contribution >= 4 is 74.5 Å². The number of imide groups is 2. The molecule has 4 aliphatic heterocycles. The number of para-hydroxylation sites is 1. The summed E-state index contributed by atoms with van der Waals surface area (Å²) in [6, 6.07) is 17.8. The molecule has 0 aliphatic carbocycles. The van der Waals surface area contributed by atoms with E-state index >= 15 is 0 Å². The van der Waals surface area contributed by atoms with Crippen LogP contribution in [0.15, 0.2) is 76.7 Å². The van der Waals surface area contributed by atoms with Gasteiger partial charge in [0.25, 0.3) is 11.8 Å². The molecule has 3 atom stereocenters. The minimum Gasteiger partial charge on any atom is -0.369 e. The van der Waals surface area contributed by atoms with Gasteiger partial charge >= 0.3 is 6.18 Å². The van der Waals surface area contributed by atoms with Gasteiger partial charge in [-0.05, 0) is 80.8 Å². The van der Waals surface area contributed by atoms with E-state index in [2.05, 4.69) is 41.1 Å². The largest absolute Gasteiger partial charge is 0.400 e. The number of piperidine rings is 1. The normalized spacial score (nSPS) is 21.0. The van der Waals surface area contributed by atoms with E-state index in [1.807, 2.05) is 24.3 Å². The van der Waals surface area contributed by atoms with Crippen molar-refractivity contribution in [3.8, 4) is 0 Å². The standard InChI is InChI=1S/C48H59F3N10O7S/c1-47(53-30-32-14-10-11-17-37(32)58(2)69(3,67)68)39(48(49,50)51)31-52-46(57-47)54-33-19-21-34(22-20-33)60-28-26-59(27-29-60)25-12-8-6-4-5-7-9-18-40(62)55-36-16-13-15-35-42(36)45(66)61(44(35)65)38-23-24-41(63)56-43(38)64/h10-11,13-17,19-22,31,38-39,53H,4-9,12,18,23-30H2,1-3H3,(H,54,57)(H,55,62)(H,56,63,64). The number of unbranched alkanes of at least 4 members (excludes halogenated alkanes) is 6. The molecule has 5 amide bonds. The summed E-state index contributed by atoms with van der Waals surface area (Å²) in [5.74, 6) is -4.72. The second-order valence-electron chi connectivity index (χ2n) is 18.0. The molecule has 3 aromatic carbocycles. The number of benzene rings is 3. The number of rotatable bonds is 19. The first-order valence-corrected chi connectivity index (χ1v) is 25.1. The lowest BCUT2D eigenvalue weighted by atomic mass is 9.93. The molecule has 4 aliphatic rings. The van der Waals surface area contributed by atoms with Crippen LogP contribution in [0.5, 0.6) is 0 Å².